The van der Waals surface area contributed by atoms with Gasteiger partial charge in [-0.3, -0.25) is 4.79 Å². The third kappa shape index (κ3) is 3.22. The number of fused-ring (bicyclic) bond motifs is 2. The SMILES string of the molecule is Cc1ccc(-n2nccn2)c(C(=O)N2CC3CN(c4nc5ccc(Cl)cc5o4)CC3C2)c1. The van der Waals surface area contributed by atoms with Crippen LogP contribution >= 0.6 is 11.6 Å². The molecular weight excluding hydrogens is 428 g/mol. The van der Waals surface area contributed by atoms with Gasteiger partial charge in [-0.1, -0.05) is 23.2 Å². The van der Waals surface area contributed by atoms with E-state index in [4.69, 9.17) is 16.0 Å². The number of halogens is 1. The van der Waals surface area contributed by atoms with Gasteiger partial charge in [0.1, 0.15) is 5.52 Å². The number of carbonyl (C=O) groups is 1. The Balaban J connectivity index is 1.20. The van der Waals surface area contributed by atoms with Crippen molar-refractivity contribution in [1.29, 1.82) is 0 Å². The Morgan fingerprint density at radius 1 is 1.03 bits per heavy atom. The van der Waals surface area contributed by atoms with Crippen molar-refractivity contribution in [3.8, 4) is 5.69 Å². The fraction of sp³-hybridized carbons (Fsp3) is 0.304. The van der Waals surface area contributed by atoms with E-state index in [0.29, 0.717) is 52.8 Å². The van der Waals surface area contributed by atoms with Gasteiger partial charge in [0.15, 0.2) is 5.58 Å². The van der Waals surface area contributed by atoms with Gasteiger partial charge in [-0.2, -0.15) is 20.0 Å². The predicted molar refractivity (Wildman–Crippen MR) is 120 cm³/mol. The highest BCUT2D eigenvalue weighted by Crippen LogP contribution is 2.36. The second-order valence-electron chi connectivity index (χ2n) is 8.58. The predicted octanol–water partition coefficient (Wildman–Crippen LogP) is 3.58. The van der Waals surface area contributed by atoms with E-state index in [9.17, 15) is 4.79 Å². The lowest BCUT2D eigenvalue weighted by Crippen LogP contribution is -2.34. The van der Waals surface area contributed by atoms with Crippen LogP contribution in [0.2, 0.25) is 5.02 Å². The first-order valence-corrected chi connectivity index (χ1v) is 11.0. The first-order chi connectivity index (χ1) is 15.5. The molecular formula is C23H21ClN6O2. The molecule has 0 saturated carbocycles. The number of carbonyl (C=O) groups excluding carboxylic acids is 1. The van der Waals surface area contributed by atoms with E-state index >= 15 is 0 Å². The summed E-state index contributed by atoms with van der Waals surface area (Å²) < 4.78 is 5.95. The van der Waals surface area contributed by atoms with Crippen molar-refractivity contribution in [3.63, 3.8) is 0 Å². The molecule has 6 rings (SSSR count). The minimum atomic E-state index is 0.0263. The molecule has 0 spiro atoms. The van der Waals surface area contributed by atoms with Gasteiger partial charge in [-0.15, -0.1) is 0 Å². The van der Waals surface area contributed by atoms with Gasteiger partial charge < -0.3 is 14.2 Å². The van der Waals surface area contributed by atoms with E-state index in [2.05, 4.69) is 20.1 Å². The van der Waals surface area contributed by atoms with Crippen LogP contribution in [0.1, 0.15) is 15.9 Å². The van der Waals surface area contributed by atoms with Crippen molar-refractivity contribution in [3.05, 3.63) is 64.9 Å². The Labute approximate surface area is 189 Å². The molecule has 8 nitrogen and oxygen atoms in total. The highest BCUT2D eigenvalue weighted by molar-refractivity contribution is 6.31. The number of anilines is 1. The first-order valence-electron chi connectivity index (χ1n) is 10.6. The summed E-state index contributed by atoms with van der Waals surface area (Å²) in [6.45, 7) is 5.05. The third-order valence-electron chi connectivity index (χ3n) is 6.40. The van der Waals surface area contributed by atoms with Gasteiger partial charge in [0, 0.05) is 49.1 Å². The maximum atomic E-state index is 13.4. The zero-order valence-electron chi connectivity index (χ0n) is 17.5. The second kappa shape index (κ2) is 7.34. The first kappa shape index (κ1) is 19.3. The minimum absolute atomic E-state index is 0.0263. The molecule has 2 aliphatic rings. The molecule has 0 bridgehead atoms. The number of aryl methyl sites for hydroxylation is 1. The van der Waals surface area contributed by atoms with Crippen molar-refractivity contribution >= 4 is 34.6 Å². The normalized spacial score (nSPS) is 20.3. The fourth-order valence-corrected chi connectivity index (χ4v) is 5.00. The average molecular weight is 449 g/mol. The molecule has 2 aliphatic heterocycles. The van der Waals surface area contributed by atoms with E-state index < -0.39 is 0 Å². The Kier molecular flexibility index (Phi) is 4.43. The van der Waals surface area contributed by atoms with Crippen LogP contribution in [0.15, 0.2) is 53.2 Å². The van der Waals surface area contributed by atoms with Crippen LogP contribution < -0.4 is 4.90 Å². The molecule has 162 valence electrons. The Hall–Kier alpha value is -3.39. The molecule has 2 fully saturated rings. The largest absolute Gasteiger partial charge is 0.423 e. The molecule has 2 aromatic carbocycles. The topological polar surface area (TPSA) is 80.3 Å². The molecule has 4 heterocycles. The zero-order chi connectivity index (χ0) is 21.8. The number of oxazole rings is 1. The molecule has 0 radical (unpaired) electrons. The molecule has 9 heteroatoms. The van der Waals surface area contributed by atoms with Crippen LogP contribution in [0, 0.1) is 18.8 Å². The monoisotopic (exact) mass is 448 g/mol. The van der Waals surface area contributed by atoms with Gasteiger partial charge in [-0.05, 0) is 31.2 Å². The molecule has 32 heavy (non-hydrogen) atoms. The molecule has 2 atom stereocenters. The number of amides is 1. The van der Waals surface area contributed by atoms with Crippen molar-refractivity contribution in [2.75, 3.05) is 31.1 Å². The van der Waals surface area contributed by atoms with E-state index in [-0.39, 0.29) is 5.91 Å². The molecule has 1 amide bonds. The standard InChI is InChI=1S/C23H21ClN6O2/c1-14-2-5-20(30-25-6-7-26-30)18(8-14)22(31)28-10-15-12-29(13-16(15)11-28)23-27-19-4-3-17(24)9-21(19)32-23/h2-9,15-16H,10-13H2,1H3. The van der Waals surface area contributed by atoms with Crippen LogP contribution in [-0.4, -0.2) is 57.0 Å². The lowest BCUT2D eigenvalue weighted by molar-refractivity contribution is 0.0782. The number of likely N-dealkylation sites (tertiary alicyclic amines) is 1. The summed E-state index contributed by atoms with van der Waals surface area (Å²) in [7, 11) is 0. The summed E-state index contributed by atoms with van der Waals surface area (Å²) in [5, 5.41) is 9.06. The smallest absolute Gasteiger partial charge is 0.298 e. The van der Waals surface area contributed by atoms with Crippen LogP contribution in [0.3, 0.4) is 0 Å². The number of hydrogen-bond donors (Lipinski definition) is 0. The number of nitrogens with zero attached hydrogens (tertiary/aromatic N) is 6. The number of aromatic nitrogens is 4. The number of hydrogen-bond acceptors (Lipinski definition) is 6. The fourth-order valence-electron chi connectivity index (χ4n) is 4.84. The van der Waals surface area contributed by atoms with E-state index in [1.165, 1.54) is 4.80 Å². The van der Waals surface area contributed by atoms with E-state index in [0.717, 1.165) is 24.2 Å². The molecule has 0 N–H and O–H groups in total. The Morgan fingerprint density at radius 2 is 1.78 bits per heavy atom. The van der Waals surface area contributed by atoms with Crippen molar-refractivity contribution in [2.45, 2.75) is 6.92 Å². The summed E-state index contributed by atoms with van der Waals surface area (Å²) in [6, 6.07) is 11.9. The van der Waals surface area contributed by atoms with E-state index in [1.807, 2.05) is 42.2 Å². The van der Waals surface area contributed by atoms with Crippen LogP contribution in [0.5, 0.6) is 0 Å². The lowest BCUT2D eigenvalue weighted by atomic mass is 10.0. The Morgan fingerprint density at radius 3 is 2.53 bits per heavy atom. The van der Waals surface area contributed by atoms with Crippen LogP contribution in [-0.2, 0) is 0 Å². The molecule has 2 unspecified atom stereocenters. The highest BCUT2D eigenvalue weighted by atomic mass is 35.5. The highest BCUT2D eigenvalue weighted by Gasteiger charge is 2.43. The van der Waals surface area contributed by atoms with Gasteiger partial charge >= 0.3 is 0 Å². The second-order valence-corrected chi connectivity index (χ2v) is 9.02. The van der Waals surface area contributed by atoms with Gasteiger partial charge in [0.05, 0.1) is 23.6 Å². The maximum absolute atomic E-state index is 13.4. The summed E-state index contributed by atoms with van der Waals surface area (Å²) in [5.41, 5.74) is 3.87. The van der Waals surface area contributed by atoms with Gasteiger partial charge in [0.2, 0.25) is 0 Å². The van der Waals surface area contributed by atoms with Crippen molar-refractivity contribution in [2.24, 2.45) is 11.8 Å². The number of benzene rings is 2. The van der Waals surface area contributed by atoms with Gasteiger partial charge in [0.25, 0.3) is 11.9 Å². The van der Waals surface area contributed by atoms with E-state index in [1.54, 1.807) is 18.5 Å². The minimum Gasteiger partial charge on any atom is -0.423 e. The molecule has 0 aliphatic carbocycles. The van der Waals surface area contributed by atoms with Crippen LogP contribution in [0.4, 0.5) is 6.01 Å². The quantitative estimate of drug-likeness (QED) is 0.476. The zero-order valence-corrected chi connectivity index (χ0v) is 18.2. The Bertz CT molecular complexity index is 1300. The third-order valence-corrected chi connectivity index (χ3v) is 6.63. The molecule has 4 aromatic rings. The summed E-state index contributed by atoms with van der Waals surface area (Å²) >= 11 is 6.07. The summed E-state index contributed by atoms with van der Waals surface area (Å²) in [6.07, 6.45) is 3.23. The lowest BCUT2D eigenvalue weighted by Gasteiger charge is -2.22. The van der Waals surface area contributed by atoms with Crippen LogP contribution in [0.25, 0.3) is 16.8 Å². The number of rotatable bonds is 3. The maximum Gasteiger partial charge on any atom is 0.298 e. The molecule has 2 aromatic heterocycles. The summed E-state index contributed by atoms with van der Waals surface area (Å²) in [4.78, 5) is 23.7. The summed E-state index contributed by atoms with van der Waals surface area (Å²) in [5.74, 6) is 0.792. The average Bonchev–Trinajstić information content (AvgIpc) is 3.54. The van der Waals surface area contributed by atoms with Crippen molar-refractivity contribution < 1.29 is 9.21 Å². The molecule has 2 saturated heterocycles. The van der Waals surface area contributed by atoms with Gasteiger partial charge in [-0.25, -0.2) is 0 Å². The van der Waals surface area contributed by atoms with Crippen molar-refractivity contribution in [1.82, 2.24) is 24.9 Å².